The van der Waals surface area contributed by atoms with E-state index in [1.807, 2.05) is 12.1 Å². The second-order valence-corrected chi connectivity index (χ2v) is 12.2. The van der Waals surface area contributed by atoms with Crippen LogP contribution in [0.3, 0.4) is 0 Å². The van der Waals surface area contributed by atoms with Crippen LogP contribution in [0.1, 0.15) is 57.5 Å². The molecule has 1 saturated carbocycles. The van der Waals surface area contributed by atoms with Crippen molar-refractivity contribution in [1.29, 1.82) is 0 Å². The number of hydrogen-bond acceptors (Lipinski definition) is 8. The first-order valence-electron chi connectivity index (χ1n) is 13.0. The van der Waals surface area contributed by atoms with E-state index in [-0.39, 0.29) is 42.0 Å². The lowest BCUT2D eigenvalue weighted by Crippen LogP contribution is -2.13. The number of carbonyl (C=O) groups excluding carboxylic acids is 2. The largest absolute Gasteiger partial charge is 0.496 e. The molecule has 2 aromatic heterocycles. The lowest BCUT2D eigenvalue weighted by atomic mass is 10.0. The smallest absolute Gasteiger partial charge is 0.306 e. The molecule has 2 heterocycles. The number of halogens is 1. The zero-order chi connectivity index (χ0) is 28.6. The Bertz CT molecular complexity index is 1620. The molecule has 1 atom stereocenters. The first-order valence-corrected chi connectivity index (χ1v) is 14.7. The molecule has 0 spiro atoms. The molecule has 0 unspecified atom stereocenters. The summed E-state index contributed by atoms with van der Waals surface area (Å²) >= 11 is 2.59. The Hall–Kier alpha value is -3.50. The molecule has 0 aliphatic heterocycles. The van der Waals surface area contributed by atoms with Crippen LogP contribution in [0.2, 0.25) is 0 Å². The van der Waals surface area contributed by atoms with Crippen molar-refractivity contribution in [3.05, 3.63) is 51.5 Å². The van der Waals surface area contributed by atoms with Crippen molar-refractivity contribution < 1.29 is 38.1 Å². The van der Waals surface area contributed by atoms with Gasteiger partial charge in [-0.25, -0.2) is 4.39 Å². The average Bonchev–Trinajstić information content (AvgIpc) is 3.56. The molecular weight excluding hydrogens is 555 g/mol. The summed E-state index contributed by atoms with van der Waals surface area (Å²) in [5, 5.41) is 10.3. The zero-order valence-electron chi connectivity index (χ0n) is 22.4. The number of benzene rings is 2. The van der Waals surface area contributed by atoms with Gasteiger partial charge >= 0.3 is 5.97 Å². The summed E-state index contributed by atoms with van der Waals surface area (Å²) in [5.74, 6) is -1.37. The predicted molar refractivity (Wildman–Crippen MR) is 153 cm³/mol. The molecule has 1 aliphatic rings. The fraction of sp³-hybridized carbons (Fsp3) is 0.367. The molecule has 210 valence electrons. The number of methoxy groups -OCH3 is 2. The second kappa shape index (κ2) is 11.5. The molecule has 7 nitrogen and oxygen atoms in total. The quantitative estimate of drug-likeness (QED) is 0.131. The monoisotopic (exact) mass is 584 g/mol. The van der Waals surface area contributed by atoms with E-state index >= 15 is 4.39 Å². The number of thiophene rings is 2. The summed E-state index contributed by atoms with van der Waals surface area (Å²) in [6.45, 7) is 1.74. The maximum Gasteiger partial charge on any atom is 0.306 e. The maximum atomic E-state index is 15.5. The van der Waals surface area contributed by atoms with Crippen LogP contribution >= 0.6 is 22.7 Å². The number of rotatable bonds is 13. The maximum absolute atomic E-state index is 15.5. The van der Waals surface area contributed by atoms with E-state index in [1.165, 1.54) is 36.7 Å². The van der Waals surface area contributed by atoms with Crippen molar-refractivity contribution in [2.24, 2.45) is 11.8 Å². The van der Waals surface area contributed by atoms with Gasteiger partial charge in [-0.2, -0.15) is 0 Å². The van der Waals surface area contributed by atoms with Crippen LogP contribution in [0.5, 0.6) is 17.2 Å². The number of carbonyl (C=O) groups is 3. The minimum Gasteiger partial charge on any atom is -0.496 e. The van der Waals surface area contributed by atoms with E-state index < -0.39 is 17.7 Å². The first kappa shape index (κ1) is 28.0. The molecule has 4 aromatic rings. The van der Waals surface area contributed by atoms with Gasteiger partial charge in [0.15, 0.2) is 28.9 Å². The number of hydrogen-bond donors (Lipinski definition) is 1. The topological polar surface area (TPSA) is 99.1 Å². The SMILES string of the molecule is COc1cc2sc(C(=O)C[C@H](C)C(=O)O)cc2cc1CCCOc1c(OC)cc2sc(C(=O)C3CC3)cc2c1F. The van der Waals surface area contributed by atoms with Crippen LogP contribution in [0.25, 0.3) is 20.2 Å². The summed E-state index contributed by atoms with van der Waals surface area (Å²) in [7, 11) is 3.04. The summed E-state index contributed by atoms with van der Waals surface area (Å²) < 4.78 is 33.8. The summed E-state index contributed by atoms with van der Waals surface area (Å²) in [4.78, 5) is 37.3. The number of carboxylic acid groups (broad SMARTS) is 1. The molecule has 1 N–H and O–H groups in total. The molecule has 0 bridgehead atoms. The number of carboxylic acids is 1. The highest BCUT2D eigenvalue weighted by Crippen LogP contribution is 2.42. The van der Waals surface area contributed by atoms with Crippen molar-refractivity contribution >= 4 is 60.4 Å². The van der Waals surface area contributed by atoms with Gasteiger partial charge < -0.3 is 19.3 Å². The third-order valence-corrected chi connectivity index (χ3v) is 9.27. The number of aliphatic carboxylic acids is 1. The molecule has 5 rings (SSSR count). The van der Waals surface area contributed by atoms with Gasteiger partial charge in [-0.05, 0) is 60.9 Å². The number of aryl methyl sites for hydroxylation is 1. The van der Waals surface area contributed by atoms with E-state index in [1.54, 1.807) is 25.3 Å². The summed E-state index contributed by atoms with van der Waals surface area (Å²) in [6.07, 6.45) is 2.87. The van der Waals surface area contributed by atoms with Gasteiger partial charge in [-0.1, -0.05) is 6.92 Å². The molecular formula is C30H29FO7S2. The minimum absolute atomic E-state index is 0.0252. The van der Waals surface area contributed by atoms with E-state index in [0.29, 0.717) is 38.4 Å². The Morgan fingerprint density at radius 3 is 2.38 bits per heavy atom. The van der Waals surface area contributed by atoms with Crippen molar-refractivity contribution in [3.8, 4) is 17.2 Å². The zero-order valence-corrected chi connectivity index (χ0v) is 24.0. The lowest BCUT2D eigenvalue weighted by Gasteiger charge is -2.13. The molecule has 40 heavy (non-hydrogen) atoms. The van der Waals surface area contributed by atoms with Crippen LogP contribution in [-0.2, 0) is 11.2 Å². The van der Waals surface area contributed by atoms with Gasteiger partial charge in [0.25, 0.3) is 0 Å². The van der Waals surface area contributed by atoms with Crippen LogP contribution in [0.4, 0.5) is 4.39 Å². The molecule has 0 amide bonds. The Morgan fingerprint density at radius 2 is 1.70 bits per heavy atom. The highest BCUT2D eigenvalue weighted by atomic mass is 32.1. The number of ether oxygens (including phenoxy) is 3. The third-order valence-electron chi connectivity index (χ3n) is 7.04. The molecule has 0 saturated heterocycles. The number of ketones is 2. The van der Waals surface area contributed by atoms with Gasteiger partial charge in [0, 0.05) is 33.2 Å². The first-order chi connectivity index (χ1) is 19.2. The second-order valence-electron chi connectivity index (χ2n) is 10.0. The van der Waals surface area contributed by atoms with Crippen molar-refractivity contribution in [2.45, 2.75) is 39.0 Å². The fourth-order valence-corrected chi connectivity index (χ4v) is 6.72. The van der Waals surface area contributed by atoms with E-state index in [0.717, 1.165) is 28.5 Å². The Labute approximate surface area is 238 Å². The Morgan fingerprint density at radius 1 is 1.00 bits per heavy atom. The summed E-state index contributed by atoms with van der Waals surface area (Å²) in [6, 6.07) is 8.95. The van der Waals surface area contributed by atoms with Gasteiger partial charge in [0.1, 0.15) is 5.75 Å². The minimum atomic E-state index is -0.998. The normalized spacial score (nSPS) is 13.9. The molecule has 10 heteroatoms. The molecule has 1 aliphatic carbocycles. The average molecular weight is 585 g/mol. The highest BCUT2D eigenvalue weighted by molar-refractivity contribution is 7.21. The van der Waals surface area contributed by atoms with Gasteiger partial charge in [-0.3, -0.25) is 14.4 Å². The van der Waals surface area contributed by atoms with Crippen LogP contribution in [-0.4, -0.2) is 43.5 Å². The lowest BCUT2D eigenvalue weighted by molar-refractivity contribution is -0.141. The summed E-state index contributed by atoms with van der Waals surface area (Å²) in [5.41, 5.74) is 0.915. The van der Waals surface area contributed by atoms with Gasteiger partial charge in [0.05, 0.1) is 36.5 Å². The highest BCUT2D eigenvalue weighted by Gasteiger charge is 2.32. The number of Topliss-reactive ketones (excluding diaryl/α,β-unsaturated/α-hetero) is 2. The number of fused-ring (bicyclic) bond motifs is 2. The van der Waals surface area contributed by atoms with E-state index in [4.69, 9.17) is 19.3 Å². The van der Waals surface area contributed by atoms with E-state index in [9.17, 15) is 14.4 Å². The van der Waals surface area contributed by atoms with Crippen molar-refractivity contribution in [2.75, 3.05) is 20.8 Å². The Kier molecular flexibility index (Phi) is 8.09. The molecule has 2 aromatic carbocycles. The van der Waals surface area contributed by atoms with Crippen LogP contribution < -0.4 is 14.2 Å². The van der Waals surface area contributed by atoms with Crippen molar-refractivity contribution in [3.63, 3.8) is 0 Å². The van der Waals surface area contributed by atoms with Crippen LogP contribution in [0, 0.1) is 17.7 Å². The fourth-order valence-electron chi connectivity index (χ4n) is 4.59. The van der Waals surface area contributed by atoms with Crippen molar-refractivity contribution in [1.82, 2.24) is 0 Å². The van der Waals surface area contributed by atoms with Gasteiger partial charge in [0.2, 0.25) is 0 Å². The van der Waals surface area contributed by atoms with Crippen LogP contribution in [0.15, 0.2) is 30.3 Å². The Balaban J connectivity index is 1.28. The molecule has 0 radical (unpaired) electrons. The standard InChI is InChI=1S/C30H29FO7S2/c1-15(30(34)35)9-20(32)25-11-18-10-17(21(36-2)13-23(18)39-25)5-4-8-38-29-22(37-3)14-24-19(27(29)31)12-26(40-24)28(33)16-6-7-16/h10-16H,4-9H2,1-3H3,(H,34,35)/t15-/m0/s1. The predicted octanol–water partition coefficient (Wildman–Crippen LogP) is 7.17. The third kappa shape index (κ3) is 5.69. The van der Waals surface area contributed by atoms with Gasteiger partial charge in [-0.15, -0.1) is 22.7 Å². The molecule has 1 fully saturated rings. The van der Waals surface area contributed by atoms with E-state index in [2.05, 4.69) is 0 Å².